The van der Waals surface area contributed by atoms with Gasteiger partial charge in [-0.15, -0.1) is 0 Å². The van der Waals surface area contributed by atoms with Crippen LogP contribution < -0.4 is 5.56 Å². The zero-order valence-electron chi connectivity index (χ0n) is 15.4. The summed E-state index contributed by atoms with van der Waals surface area (Å²) < 4.78 is 1.72. The predicted octanol–water partition coefficient (Wildman–Crippen LogP) is 3.65. The molecule has 0 aliphatic carbocycles. The van der Waals surface area contributed by atoms with Crippen molar-refractivity contribution in [2.75, 3.05) is 7.11 Å². The fourth-order valence-electron chi connectivity index (χ4n) is 3.00. The standard InChI is InChI=1S/C19H27N3O2/c1-13(2)17-16(14(3)21-24-6)18(23)22(20-17)19(4,5)12-15-10-8-7-9-11-15/h7-11,13,20H,12H2,1-6H3. The average Bonchev–Trinajstić information content (AvgIpc) is 2.86. The molecule has 130 valence electrons. The zero-order valence-corrected chi connectivity index (χ0v) is 15.4. The second-order valence-corrected chi connectivity index (χ2v) is 7.03. The van der Waals surface area contributed by atoms with Gasteiger partial charge in [-0.2, -0.15) is 0 Å². The van der Waals surface area contributed by atoms with Crippen molar-refractivity contribution in [2.45, 2.75) is 52.5 Å². The summed E-state index contributed by atoms with van der Waals surface area (Å²) in [6.07, 6.45) is 0.756. The quantitative estimate of drug-likeness (QED) is 0.649. The number of H-pyrrole nitrogens is 1. The summed E-state index contributed by atoms with van der Waals surface area (Å²) >= 11 is 0. The molecular weight excluding hydrogens is 302 g/mol. The van der Waals surface area contributed by atoms with Gasteiger partial charge < -0.3 is 4.84 Å². The van der Waals surface area contributed by atoms with Crippen LogP contribution in [-0.4, -0.2) is 22.6 Å². The van der Waals surface area contributed by atoms with Gasteiger partial charge in [0.15, 0.2) is 0 Å². The Morgan fingerprint density at radius 2 is 1.92 bits per heavy atom. The second-order valence-electron chi connectivity index (χ2n) is 7.03. The molecule has 0 unspecified atom stereocenters. The highest BCUT2D eigenvalue weighted by Crippen LogP contribution is 2.23. The molecule has 0 aliphatic heterocycles. The van der Waals surface area contributed by atoms with Crippen molar-refractivity contribution in [3.05, 3.63) is 57.5 Å². The highest BCUT2D eigenvalue weighted by Gasteiger charge is 2.28. The Morgan fingerprint density at radius 3 is 2.46 bits per heavy atom. The first-order valence-corrected chi connectivity index (χ1v) is 8.25. The van der Waals surface area contributed by atoms with Crippen molar-refractivity contribution < 1.29 is 4.84 Å². The van der Waals surface area contributed by atoms with Gasteiger partial charge >= 0.3 is 0 Å². The number of nitrogens with zero attached hydrogens (tertiary/aromatic N) is 2. The van der Waals surface area contributed by atoms with E-state index in [9.17, 15) is 4.79 Å². The van der Waals surface area contributed by atoms with Gasteiger partial charge in [-0.1, -0.05) is 49.3 Å². The average molecular weight is 329 g/mol. The Hall–Kier alpha value is -2.30. The zero-order chi connectivity index (χ0) is 17.9. The van der Waals surface area contributed by atoms with Crippen LogP contribution in [0, 0.1) is 0 Å². The van der Waals surface area contributed by atoms with Crippen molar-refractivity contribution in [1.82, 2.24) is 9.78 Å². The summed E-state index contributed by atoms with van der Waals surface area (Å²) in [6.45, 7) is 10.0. The maximum atomic E-state index is 13.0. The van der Waals surface area contributed by atoms with Crippen LogP contribution in [0.3, 0.4) is 0 Å². The number of nitrogens with one attached hydrogen (secondary N) is 1. The first kappa shape index (κ1) is 18.0. The molecule has 5 heteroatoms. The molecular formula is C19H27N3O2. The van der Waals surface area contributed by atoms with Gasteiger partial charge in [-0.05, 0) is 38.7 Å². The number of benzene rings is 1. The topological polar surface area (TPSA) is 59.4 Å². The fourth-order valence-corrected chi connectivity index (χ4v) is 3.00. The molecule has 5 nitrogen and oxygen atoms in total. The minimum atomic E-state index is -0.381. The number of hydrogen-bond acceptors (Lipinski definition) is 3. The van der Waals surface area contributed by atoms with Crippen LogP contribution in [0.25, 0.3) is 0 Å². The Kier molecular flexibility index (Phi) is 5.32. The molecule has 24 heavy (non-hydrogen) atoms. The second kappa shape index (κ2) is 7.07. The van der Waals surface area contributed by atoms with E-state index < -0.39 is 0 Å². The number of aromatic nitrogens is 2. The van der Waals surface area contributed by atoms with E-state index >= 15 is 0 Å². The molecule has 0 saturated heterocycles. The lowest BCUT2D eigenvalue weighted by Crippen LogP contribution is -2.38. The minimum Gasteiger partial charge on any atom is -0.399 e. The Bertz CT molecular complexity index is 768. The van der Waals surface area contributed by atoms with Crippen molar-refractivity contribution >= 4 is 5.71 Å². The lowest BCUT2D eigenvalue weighted by molar-refractivity contribution is 0.213. The molecule has 0 aliphatic rings. The van der Waals surface area contributed by atoms with Crippen molar-refractivity contribution in [1.29, 1.82) is 0 Å². The summed E-state index contributed by atoms with van der Waals surface area (Å²) in [7, 11) is 1.49. The van der Waals surface area contributed by atoms with Crippen LogP contribution in [-0.2, 0) is 16.8 Å². The van der Waals surface area contributed by atoms with Gasteiger partial charge in [0.05, 0.1) is 16.8 Å². The van der Waals surface area contributed by atoms with Crippen LogP contribution in [0.2, 0.25) is 0 Å². The highest BCUT2D eigenvalue weighted by atomic mass is 16.6. The molecule has 0 amide bonds. The van der Waals surface area contributed by atoms with Crippen LogP contribution >= 0.6 is 0 Å². The van der Waals surface area contributed by atoms with E-state index in [1.54, 1.807) is 11.6 Å². The normalized spacial score (nSPS) is 12.7. The van der Waals surface area contributed by atoms with Gasteiger partial charge in [-0.25, -0.2) is 4.68 Å². The SMILES string of the molecule is CON=C(C)c1c(C(C)C)[nH]n(C(C)(C)Cc2ccccc2)c1=O. The number of aromatic amines is 1. The molecule has 1 heterocycles. The third-order valence-electron chi connectivity index (χ3n) is 4.17. The molecule has 0 spiro atoms. The van der Waals surface area contributed by atoms with Gasteiger partial charge in [0.2, 0.25) is 0 Å². The molecule has 0 radical (unpaired) electrons. The number of oxime groups is 1. The largest absolute Gasteiger partial charge is 0.399 e. The molecule has 0 fully saturated rings. The molecule has 0 atom stereocenters. The molecule has 1 N–H and O–H groups in total. The third-order valence-corrected chi connectivity index (χ3v) is 4.17. The lowest BCUT2D eigenvalue weighted by Gasteiger charge is -2.26. The van der Waals surface area contributed by atoms with Gasteiger partial charge in [0, 0.05) is 5.69 Å². The Labute approximate surface area is 143 Å². The minimum absolute atomic E-state index is 0.0575. The van der Waals surface area contributed by atoms with Crippen molar-refractivity contribution in [3.8, 4) is 0 Å². The molecule has 2 aromatic rings. The van der Waals surface area contributed by atoms with E-state index in [0.717, 1.165) is 12.1 Å². The monoisotopic (exact) mass is 329 g/mol. The van der Waals surface area contributed by atoms with Crippen molar-refractivity contribution in [3.63, 3.8) is 0 Å². The summed E-state index contributed by atoms with van der Waals surface area (Å²) in [4.78, 5) is 17.9. The van der Waals surface area contributed by atoms with Crippen LogP contribution in [0.1, 0.15) is 57.4 Å². The van der Waals surface area contributed by atoms with E-state index in [4.69, 9.17) is 4.84 Å². The highest BCUT2D eigenvalue weighted by molar-refractivity contribution is 5.99. The maximum Gasteiger partial charge on any atom is 0.276 e. The fraction of sp³-hybridized carbons (Fsp3) is 0.474. The summed E-state index contributed by atoms with van der Waals surface area (Å²) in [5.74, 6) is 0.184. The Morgan fingerprint density at radius 1 is 1.29 bits per heavy atom. The van der Waals surface area contributed by atoms with E-state index in [2.05, 4.69) is 50.1 Å². The van der Waals surface area contributed by atoms with Crippen LogP contribution in [0.5, 0.6) is 0 Å². The van der Waals surface area contributed by atoms with Crippen molar-refractivity contribution in [2.24, 2.45) is 5.16 Å². The van der Waals surface area contributed by atoms with E-state index in [-0.39, 0.29) is 17.0 Å². The van der Waals surface area contributed by atoms with E-state index in [1.165, 1.54) is 12.7 Å². The number of rotatable bonds is 6. The van der Waals surface area contributed by atoms with E-state index in [1.807, 2.05) is 18.2 Å². The lowest BCUT2D eigenvalue weighted by atomic mass is 9.95. The van der Waals surface area contributed by atoms with Gasteiger partial charge in [0.25, 0.3) is 5.56 Å². The number of hydrogen-bond donors (Lipinski definition) is 1. The molecule has 0 bridgehead atoms. The van der Waals surface area contributed by atoms with Crippen LogP contribution in [0.4, 0.5) is 0 Å². The summed E-state index contributed by atoms with van der Waals surface area (Å²) in [5, 5.41) is 7.28. The molecule has 1 aromatic heterocycles. The molecule has 2 rings (SSSR count). The molecule has 1 aromatic carbocycles. The van der Waals surface area contributed by atoms with Gasteiger partial charge in [-0.3, -0.25) is 9.89 Å². The third kappa shape index (κ3) is 3.61. The maximum absolute atomic E-state index is 13.0. The first-order valence-electron chi connectivity index (χ1n) is 8.25. The van der Waals surface area contributed by atoms with Gasteiger partial charge in [0.1, 0.15) is 7.11 Å². The molecule has 0 saturated carbocycles. The first-order chi connectivity index (χ1) is 11.3. The Balaban J connectivity index is 2.52. The van der Waals surface area contributed by atoms with E-state index in [0.29, 0.717) is 11.3 Å². The van der Waals surface area contributed by atoms with Crippen LogP contribution in [0.15, 0.2) is 40.3 Å². The summed E-state index contributed by atoms with van der Waals surface area (Å²) in [6, 6.07) is 10.2. The predicted molar refractivity (Wildman–Crippen MR) is 97.8 cm³/mol. The summed E-state index contributed by atoms with van der Waals surface area (Å²) in [5.41, 5.74) is 2.84. The smallest absolute Gasteiger partial charge is 0.276 e.